The van der Waals surface area contributed by atoms with E-state index < -0.39 is 0 Å². The van der Waals surface area contributed by atoms with Crippen LogP contribution in [-0.2, 0) is 0 Å². The van der Waals surface area contributed by atoms with E-state index in [1.165, 1.54) is 6.20 Å². The average Bonchev–Trinajstić information content (AvgIpc) is 3.09. The number of carbonyl (C=O) groups is 1. The van der Waals surface area contributed by atoms with E-state index >= 15 is 0 Å². The molecule has 1 aromatic heterocycles. The fraction of sp³-hybridized carbons (Fsp3) is 0.286. The minimum Gasteiger partial charge on any atom is -0.360 e. The van der Waals surface area contributed by atoms with E-state index in [1.54, 1.807) is 0 Å². The Balaban J connectivity index is 2.03. The summed E-state index contributed by atoms with van der Waals surface area (Å²) in [6.45, 7) is 1.93. The minimum atomic E-state index is -0.00282. The molecule has 0 radical (unpaired) electrons. The molecule has 3 nitrogen and oxygen atoms in total. The highest BCUT2D eigenvalue weighted by Gasteiger charge is 2.32. The summed E-state index contributed by atoms with van der Waals surface area (Å²) < 4.78 is 6.16. The smallest absolute Gasteiger partial charge is 0.198 e. The third-order valence-corrected chi connectivity index (χ3v) is 4.16. The minimum absolute atomic E-state index is 0.00282. The highest BCUT2D eigenvalue weighted by Crippen LogP contribution is 2.42. The Hall–Kier alpha value is -1.42. The maximum absolute atomic E-state index is 12.5. The Labute approximate surface area is 113 Å². The number of hydrogen-bond donors (Lipinski definition) is 0. The molecule has 3 rings (SSSR count). The lowest BCUT2D eigenvalue weighted by Gasteiger charge is -2.05. The second kappa shape index (κ2) is 4.35. The fourth-order valence-corrected chi connectivity index (χ4v) is 2.42. The molecule has 1 saturated carbocycles. The van der Waals surface area contributed by atoms with Crippen LogP contribution in [-0.4, -0.2) is 10.9 Å². The Kier molecular flexibility index (Phi) is 2.82. The van der Waals surface area contributed by atoms with Gasteiger partial charge in [0.25, 0.3) is 0 Å². The van der Waals surface area contributed by atoms with Crippen molar-refractivity contribution >= 4 is 21.7 Å². The molecule has 1 aliphatic rings. The molecule has 0 bridgehead atoms. The van der Waals surface area contributed by atoms with E-state index in [4.69, 9.17) is 4.52 Å². The van der Waals surface area contributed by atoms with Crippen molar-refractivity contribution in [2.75, 3.05) is 0 Å². The van der Waals surface area contributed by atoms with Gasteiger partial charge in [-0.05, 0) is 31.4 Å². The second-order valence-corrected chi connectivity index (χ2v) is 5.47. The third-order valence-electron chi connectivity index (χ3n) is 3.30. The van der Waals surface area contributed by atoms with Crippen LogP contribution in [0.15, 0.2) is 33.4 Å². The molecule has 0 amide bonds. The highest BCUT2D eigenvalue weighted by molar-refractivity contribution is 9.10. The Morgan fingerprint density at radius 2 is 2.17 bits per heavy atom. The van der Waals surface area contributed by atoms with Crippen LogP contribution in [0.2, 0.25) is 0 Å². The second-order valence-electron chi connectivity index (χ2n) is 4.62. The molecular weight excluding hydrogens is 294 g/mol. The van der Waals surface area contributed by atoms with Gasteiger partial charge in [-0.2, -0.15) is 0 Å². The van der Waals surface area contributed by atoms with Gasteiger partial charge in [0.2, 0.25) is 0 Å². The first-order chi connectivity index (χ1) is 8.68. The quantitative estimate of drug-likeness (QED) is 0.809. The van der Waals surface area contributed by atoms with Crippen molar-refractivity contribution in [3.63, 3.8) is 0 Å². The van der Waals surface area contributed by atoms with Crippen LogP contribution >= 0.6 is 15.9 Å². The van der Waals surface area contributed by atoms with Crippen LogP contribution in [0.25, 0.3) is 0 Å². The van der Waals surface area contributed by atoms with Crippen LogP contribution in [0.4, 0.5) is 0 Å². The summed E-state index contributed by atoms with van der Waals surface area (Å²) in [4.78, 5) is 12.5. The topological polar surface area (TPSA) is 43.1 Å². The van der Waals surface area contributed by atoms with Crippen molar-refractivity contribution in [3.05, 3.63) is 51.3 Å². The summed E-state index contributed by atoms with van der Waals surface area (Å²) in [5, 5.41) is 3.77. The summed E-state index contributed by atoms with van der Waals surface area (Å²) in [7, 11) is 0. The first kappa shape index (κ1) is 11.7. The molecule has 92 valence electrons. The number of aromatic nitrogens is 1. The summed E-state index contributed by atoms with van der Waals surface area (Å²) >= 11 is 3.45. The number of benzene rings is 1. The molecule has 1 aliphatic carbocycles. The van der Waals surface area contributed by atoms with Gasteiger partial charge in [0.15, 0.2) is 11.5 Å². The molecule has 1 heterocycles. The Morgan fingerprint density at radius 1 is 1.39 bits per heavy atom. The van der Waals surface area contributed by atoms with Crippen LogP contribution < -0.4 is 0 Å². The van der Waals surface area contributed by atoms with E-state index in [9.17, 15) is 4.79 Å². The lowest BCUT2D eigenvalue weighted by atomic mass is 9.99. The van der Waals surface area contributed by atoms with E-state index in [0.29, 0.717) is 17.0 Å². The molecule has 0 atom stereocenters. The molecule has 0 aliphatic heterocycles. The summed E-state index contributed by atoms with van der Waals surface area (Å²) in [6.07, 6.45) is 3.72. The molecule has 0 saturated heterocycles. The predicted octanol–water partition coefficient (Wildman–Crippen LogP) is 3.85. The van der Waals surface area contributed by atoms with Gasteiger partial charge in [-0.3, -0.25) is 4.79 Å². The number of nitrogens with zero attached hydrogens (tertiary/aromatic N) is 1. The molecule has 4 heteroatoms. The molecule has 18 heavy (non-hydrogen) atoms. The van der Waals surface area contributed by atoms with Crippen molar-refractivity contribution in [3.8, 4) is 0 Å². The van der Waals surface area contributed by atoms with E-state index in [1.807, 2.05) is 25.1 Å². The maximum Gasteiger partial charge on any atom is 0.198 e. The van der Waals surface area contributed by atoms with E-state index in [0.717, 1.165) is 28.6 Å². The number of hydrogen-bond acceptors (Lipinski definition) is 3. The first-order valence-corrected chi connectivity index (χ1v) is 6.72. The zero-order valence-electron chi connectivity index (χ0n) is 9.94. The SMILES string of the molecule is Cc1c(Br)cccc1C(=O)c1cnoc1C1CC1. The van der Waals surface area contributed by atoms with Crippen molar-refractivity contribution in [1.82, 2.24) is 5.16 Å². The summed E-state index contributed by atoms with van der Waals surface area (Å²) in [5.74, 6) is 1.13. The number of ketones is 1. The van der Waals surface area contributed by atoms with E-state index in [2.05, 4.69) is 21.1 Å². The van der Waals surface area contributed by atoms with Gasteiger partial charge in [-0.15, -0.1) is 0 Å². The number of rotatable bonds is 3. The monoisotopic (exact) mass is 305 g/mol. The van der Waals surface area contributed by atoms with Gasteiger partial charge in [0.1, 0.15) is 0 Å². The van der Waals surface area contributed by atoms with Gasteiger partial charge in [-0.1, -0.05) is 33.2 Å². The average molecular weight is 306 g/mol. The van der Waals surface area contributed by atoms with Crippen LogP contribution in [0.3, 0.4) is 0 Å². The lowest BCUT2D eigenvalue weighted by molar-refractivity contribution is 0.103. The molecule has 1 aromatic carbocycles. The van der Waals surface area contributed by atoms with Crippen LogP contribution in [0.1, 0.15) is 46.0 Å². The van der Waals surface area contributed by atoms with Crippen LogP contribution in [0, 0.1) is 6.92 Å². The summed E-state index contributed by atoms with van der Waals surface area (Å²) in [5.41, 5.74) is 2.26. The van der Waals surface area contributed by atoms with Gasteiger partial charge in [0.05, 0.1) is 11.8 Å². The van der Waals surface area contributed by atoms with Crippen molar-refractivity contribution < 1.29 is 9.32 Å². The first-order valence-electron chi connectivity index (χ1n) is 5.93. The van der Waals surface area contributed by atoms with Crippen molar-refractivity contribution in [2.24, 2.45) is 0 Å². The van der Waals surface area contributed by atoms with Gasteiger partial charge < -0.3 is 4.52 Å². The van der Waals surface area contributed by atoms with Gasteiger partial charge in [-0.25, -0.2) is 0 Å². The van der Waals surface area contributed by atoms with Crippen LogP contribution in [0.5, 0.6) is 0 Å². The maximum atomic E-state index is 12.5. The molecule has 0 N–H and O–H groups in total. The van der Waals surface area contributed by atoms with Gasteiger partial charge >= 0.3 is 0 Å². The normalized spacial score (nSPS) is 14.8. The molecule has 0 spiro atoms. The third kappa shape index (κ3) is 1.90. The number of halogens is 1. The van der Waals surface area contributed by atoms with Gasteiger partial charge in [0, 0.05) is 16.0 Å². The standard InChI is InChI=1S/C14H12BrNO2/c1-8-10(3-2-4-12(8)15)13(17)11-7-16-18-14(11)9-5-6-9/h2-4,7,9H,5-6H2,1H3. The predicted molar refractivity (Wildman–Crippen MR) is 70.8 cm³/mol. The molecule has 1 fully saturated rings. The summed E-state index contributed by atoms with van der Waals surface area (Å²) in [6, 6.07) is 5.64. The largest absolute Gasteiger partial charge is 0.360 e. The molecule has 0 unspecified atom stereocenters. The Morgan fingerprint density at radius 3 is 2.89 bits per heavy atom. The lowest BCUT2D eigenvalue weighted by Crippen LogP contribution is -2.05. The number of carbonyl (C=O) groups excluding carboxylic acids is 1. The molecule has 2 aromatic rings. The van der Waals surface area contributed by atoms with E-state index in [-0.39, 0.29) is 5.78 Å². The highest BCUT2D eigenvalue weighted by atomic mass is 79.9. The fourth-order valence-electron chi connectivity index (χ4n) is 2.06. The molecular formula is C14H12BrNO2. The Bertz CT molecular complexity index is 614. The van der Waals surface area contributed by atoms with Crippen molar-refractivity contribution in [1.29, 1.82) is 0 Å². The zero-order valence-corrected chi connectivity index (χ0v) is 11.5. The van der Waals surface area contributed by atoms with Crippen molar-refractivity contribution in [2.45, 2.75) is 25.7 Å². The zero-order chi connectivity index (χ0) is 12.7.